The van der Waals surface area contributed by atoms with Crippen LogP contribution in [0.15, 0.2) is 48.7 Å². The summed E-state index contributed by atoms with van der Waals surface area (Å²) in [6, 6.07) is 13.0. The molecule has 2 aromatic rings. The number of benzene rings is 1. The van der Waals surface area contributed by atoms with Crippen molar-refractivity contribution in [3.05, 3.63) is 59.8 Å². The summed E-state index contributed by atoms with van der Waals surface area (Å²) in [4.78, 5) is 32.7. The molecular formula is C20H24N4O2. The van der Waals surface area contributed by atoms with Gasteiger partial charge >= 0.3 is 0 Å². The first-order valence-corrected chi connectivity index (χ1v) is 8.81. The monoisotopic (exact) mass is 352 g/mol. The van der Waals surface area contributed by atoms with Crippen LogP contribution in [0.2, 0.25) is 0 Å². The molecule has 6 heteroatoms. The predicted octanol–water partition coefficient (Wildman–Crippen LogP) is 2.24. The number of nitrogens with zero attached hydrogens (tertiary/aromatic N) is 3. The lowest BCUT2D eigenvalue weighted by atomic mass is 10.1. The summed E-state index contributed by atoms with van der Waals surface area (Å²) in [5.41, 5.74) is 1.54. The first kappa shape index (κ1) is 17.9. The first-order valence-electron chi connectivity index (χ1n) is 8.81. The molecular weight excluding hydrogens is 328 g/mol. The molecule has 0 bridgehead atoms. The third-order valence-electron chi connectivity index (χ3n) is 4.55. The zero-order valence-corrected chi connectivity index (χ0v) is 15.2. The minimum absolute atomic E-state index is 0.152. The Labute approximate surface area is 153 Å². The molecule has 1 N–H and O–H groups in total. The maximum Gasteiger partial charge on any atom is 0.252 e. The number of pyridine rings is 1. The highest BCUT2D eigenvalue weighted by atomic mass is 16.2. The van der Waals surface area contributed by atoms with Gasteiger partial charge in [0.2, 0.25) is 5.91 Å². The number of hydrogen-bond donors (Lipinski definition) is 1. The summed E-state index contributed by atoms with van der Waals surface area (Å²) in [5.74, 6) is 0.707. The van der Waals surface area contributed by atoms with Gasteiger partial charge < -0.3 is 15.1 Å². The van der Waals surface area contributed by atoms with E-state index in [4.69, 9.17) is 0 Å². The van der Waals surface area contributed by atoms with Crippen molar-refractivity contribution >= 4 is 17.6 Å². The van der Waals surface area contributed by atoms with E-state index in [0.717, 1.165) is 24.3 Å². The highest BCUT2D eigenvalue weighted by molar-refractivity contribution is 5.95. The number of hydrogen-bond acceptors (Lipinski definition) is 4. The summed E-state index contributed by atoms with van der Waals surface area (Å²) >= 11 is 0. The fraction of sp³-hybridized carbons (Fsp3) is 0.350. The summed E-state index contributed by atoms with van der Waals surface area (Å²) < 4.78 is 0. The molecule has 1 aliphatic rings. The predicted molar refractivity (Wildman–Crippen MR) is 101 cm³/mol. The smallest absolute Gasteiger partial charge is 0.252 e. The molecule has 1 aromatic heterocycles. The van der Waals surface area contributed by atoms with Crippen LogP contribution in [0.4, 0.5) is 5.82 Å². The van der Waals surface area contributed by atoms with E-state index in [1.165, 1.54) is 0 Å². The van der Waals surface area contributed by atoms with Crippen molar-refractivity contribution < 1.29 is 9.59 Å². The molecule has 2 amide bonds. The van der Waals surface area contributed by atoms with Crippen LogP contribution in [0.25, 0.3) is 0 Å². The highest BCUT2D eigenvalue weighted by Crippen LogP contribution is 2.19. The van der Waals surface area contributed by atoms with E-state index in [1.807, 2.05) is 54.2 Å². The summed E-state index contributed by atoms with van der Waals surface area (Å²) in [6.07, 6.45) is 3.10. The molecule has 0 spiro atoms. The summed E-state index contributed by atoms with van der Waals surface area (Å²) in [5, 5.41) is 3.08. The average molecular weight is 352 g/mol. The number of rotatable bonds is 6. The lowest BCUT2D eigenvalue weighted by Crippen LogP contribution is -2.38. The molecule has 0 saturated carbocycles. The largest absolute Gasteiger partial charge is 0.363 e. The van der Waals surface area contributed by atoms with Gasteiger partial charge in [-0.3, -0.25) is 9.59 Å². The van der Waals surface area contributed by atoms with Gasteiger partial charge in [-0.05, 0) is 24.1 Å². The van der Waals surface area contributed by atoms with Crippen molar-refractivity contribution in [3.8, 4) is 0 Å². The van der Waals surface area contributed by atoms with Gasteiger partial charge in [-0.15, -0.1) is 0 Å². The van der Waals surface area contributed by atoms with E-state index >= 15 is 0 Å². The molecule has 0 radical (unpaired) electrons. The number of carbonyl (C=O) groups is 2. The minimum atomic E-state index is -0.248. The van der Waals surface area contributed by atoms with Crippen LogP contribution in [0.3, 0.4) is 0 Å². The van der Waals surface area contributed by atoms with Gasteiger partial charge in [0, 0.05) is 45.4 Å². The van der Waals surface area contributed by atoms with Crippen LogP contribution in [0.5, 0.6) is 0 Å². The van der Waals surface area contributed by atoms with Gasteiger partial charge in [0.1, 0.15) is 5.82 Å². The second kappa shape index (κ2) is 7.99. The van der Waals surface area contributed by atoms with E-state index in [-0.39, 0.29) is 17.9 Å². The van der Waals surface area contributed by atoms with E-state index < -0.39 is 0 Å². The third-order valence-corrected chi connectivity index (χ3v) is 4.55. The minimum Gasteiger partial charge on any atom is -0.363 e. The number of amides is 2. The molecule has 136 valence electrons. The topological polar surface area (TPSA) is 65.5 Å². The quantitative estimate of drug-likeness (QED) is 0.866. The van der Waals surface area contributed by atoms with Crippen molar-refractivity contribution in [2.45, 2.75) is 18.9 Å². The van der Waals surface area contributed by atoms with Crippen LogP contribution >= 0.6 is 0 Å². The van der Waals surface area contributed by atoms with E-state index in [1.54, 1.807) is 18.3 Å². The second-order valence-electron chi connectivity index (χ2n) is 6.68. The Bertz CT molecular complexity index is 776. The Kier molecular flexibility index (Phi) is 5.51. The SMILES string of the molecule is CN(C)c1cc(C(=O)NC(CN2CCCC2=O)c2ccccc2)ccn1. The zero-order valence-electron chi connectivity index (χ0n) is 15.2. The Balaban J connectivity index is 1.79. The van der Waals surface area contributed by atoms with Gasteiger partial charge in [-0.1, -0.05) is 30.3 Å². The fourth-order valence-corrected chi connectivity index (χ4v) is 3.08. The number of likely N-dealkylation sites (tertiary alicyclic amines) is 1. The molecule has 2 heterocycles. The Hall–Kier alpha value is -2.89. The number of anilines is 1. The van der Waals surface area contributed by atoms with Crippen molar-refractivity contribution in [2.75, 3.05) is 32.1 Å². The fourth-order valence-electron chi connectivity index (χ4n) is 3.08. The first-order chi connectivity index (χ1) is 12.5. The molecule has 1 saturated heterocycles. The Morgan fingerprint density at radius 2 is 2.04 bits per heavy atom. The van der Waals surface area contributed by atoms with Crippen molar-refractivity contribution in [1.82, 2.24) is 15.2 Å². The molecule has 1 aliphatic heterocycles. The van der Waals surface area contributed by atoms with Crippen LogP contribution in [-0.2, 0) is 4.79 Å². The van der Waals surface area contributed by atoms with Crippen LogP contribution < -0.4 is 10.2 Å². The molecule has 1 fully saturated rings. The zero-order chi connectivity index (χ0) is 18.5. The average Bonchev–Trinajstić information content (AvgIpc) is 3.06. The second-order valence-corrected chi connectivity index (χ2v) is 6.68. The number of nitrogens with one attached hydrogen (secondary N) is 1. The lowest BCUT2D eigenvalue weighted by Gasteiger charge is -2.25. The molecule has 0 aliphatic carbocycles. The van der Waals surface area contributed by atoms with E-state index in [0.29, 0.717) is 18.5 Å². The van der Waals surface area contributed by atoms with Crippen molar-refractivity contribution in [2.24, 2.45) is 0 Å². The standard InChI is InChI=1S/C20H24N4O2/c1-23(2)18-13-16(10-11-21-18)20(26)22-17(15-7-4-3-5-8-15)14-24-12-6-9-19(24)25/h3-5,7-8,10-11,13,17H,6,9,12,14H2,1-2H3,(H,22,26). The molecule has 1 atom stereocenters. The summed E-state index contributed by atoms with van der Waals surface area (Å²) in [7, 11) is 3.77. The van der Waals surface area contributed by atoms with E-state index in [2.05, 4.69) is 10.3 Å². The molecule has 3 rings (SSSR count). The number of aromatic nitrogens is 1. The van der Waals surface area contributed by atoms with Gasteiger partial charge in [0.05, 0.1) is 6.04 Å². The van der Waals surface area contributed by atoms with Crippen LogP contribution in [0, 0.1) is 0 Å². The summed E-state index contributed by atoms with van der Waals surface area (Å²) in [6.45, 7) is 1.23. The molecule has 6 nitrogen and oxygen atoms in total. The normalized spacial score (nSPS) is 15.0. The van der Waals surface area contributed by atoms with Crippen LogP contribution in [0.1, 0.15) is 34.8 Å². The Morgan fingerprint density at radius 1 is 1.27 bits per heavy atom. The van der Waals surface area contributed by atoms with Gasteiger partial charge in [-0.2, -0.15) is 0 Å². The van der Waals surface area contributed by atoms with Gasteiger partial charge in [0.25, 0.3) is 5.91 Å². The van der Waals surface area contributed by atoms with Gasteiger partial charge in [0.15, 0.2) is 0 Å². The lowest BCUT2D eigenvalue weighted by molar-refractivity contribution is -0.128. The number of carbonyl (C=O) groups excluding carboxylic acids is 2. The van der Waals surface area contributed by atoms with Crippen molar-refractivity contribution in [3.63, 3.8) is 0 Å². The maximum atomic E-state index is 12.8. The van der Waals surface area contributed by atoms with Gasteiger partial charge in [-0.25, -0.2) is 4.98 Å². The Morgan fingerprint density at radius 3 is 2.69 bits per heavy atom. The molecule has 1 unspecified atom stereocenters. The third kappa shape index (κ3) is 4.20. The van der Waals surface area contributed by atoms with Crippen LogP contribution in [-0.4, -0.2) is 48.9 Å². The highest BCUT2D eigenvalue weighted by Gasteiger charge is 2.25. The van der Waals surface area contributed by atoms with E-state index in [9.17, 15) is 9.59 Å². The molecule has 26 heavy (non-hydrogen) atoms. The maximum absolute atomic E-state index is 12.8. The molecule has 1 aromatic carbocycles. The van der Waals surface area contributed by atoms with Crippen molar-refractivity contribution in [1.29, 1.82) is 0 Å².